The molecule has 0 aromatic carbocycles. The third kappa shape index (κ3) is 8.42. The van der Waals surface area contributed by atoms with Gasteiger partial charge in [0.1, 0.15) is 4.34 Å². The van der Waals surface area contributed by atoms with Gasteiger partial charge in [-0.05, 0) is 39.2 Å². The lowest BCUT2D eigenvalue weighted by Crippen LogP contribution is -2.48. The van der Waals surface area contributed by atoms with E-state index in [0.29, 0.717) is 6.04 Å². The standard InChI is InChI=1S/C18H33N5S2/c1-3-5-11-23-12-7-16(8-13-23)22-17(19-4-2)20-9-6-14-24-18-21-10-15-25-18/h10,15-16H,3-9,11-14H2,1-2H3,(H2,19,20,22). The Labute approximate surface area is 161 Å². The average molecular weight is 384 g/mol. The number of nitrogens with zero attached hydrogens (tertiary/aromatic N) is 3. The number of thiazole rings is 1. The van der Waals surface area contributed by atoms with Gasteiger partial charge in [-0.1, -0.05) is 25.1 Å². The molecule has 1 aliphatic rings. The molecule has 25 heavy (non-hydrogen) atoms. The quantitative estimate of drug-likeness (QED) is 0.280. The Hall–Kier alpha value is -0.790. The molecule has 7 heteroatoms. The second-order valence-electron chi connectivity index (χ2n) is 6.37. The van der Waals surface area contributed by atoms with Crippen molar-refractivity contribution in [1.82, 2.24) is 20.5 Å². The first-order chi connectivity index (χ1) is 12.3. The van der Waals surface area contributed by atoms with E-state index in [1.807, 2.05) is 23.3 Å². The second-order valence-corrected chi connectivity index (χ2v) is 8.61. The Balaban J connectivity index is 1.65. The zero-order valence-electron chi connectivity index (χ0n) is 15.7. The van der Waals surface area contributed by atoms with Crippen LogP contribution in [0.1, 0.15) is 46.0 Å². The van der Waals surface area contributed by atoms with E-state index >= 15 is 0 Å². The highest BCUT2D eigenvalue weighted by molar-refractivity contribution is 8.00. The van der Waals surface area contributed by atoms with Crippen molar-refractivity contribution in [3.05, 3.63) is 11.6 Å². The molecule has 0 atom stereocenters. The van der Waals surface area contributed by atoms with E-state index in [9.17, 15) is 0 Å². The van der Waals surface area contributed by atoms with Crippen LogP contribution in [0.2, 0.25) is 0 Å². The molecule has 0 unspecified atom stereocenters. The Bertz CT molecular complexity index is 470. The van der Waals surface area contributed by atoms with E-state index in [2.05, 4.69) is 34.4 Å². The predicted octanol–water partition coefficient (Wildman–Crippen LogP) is 3.44. The zero-order valence-corrected chi connectivity index (χ0v) is 17.3. The molecule has 1 aliphatic heterocycles. The molecule has 0 saturated carbocycles. The number of hydrogen-bond acceptors (Lipinski definition) is 5. The number of guanidine groups is 1. The molecule has 0 spiro atoms. The fraction of sp³-hybridized carbons (Fsp3) is 0.778. The average Bonchev–Trinajstić information content (AvgIpc) is 3.14. The third-order valence-electron chi connectivity index (χ3n) is 4.31. The predicted molar refractivity (Wildman–Crippen MR) is 111 cm³/mol. The van der Waals surface area contributed by atoms with Gasteiger partial charge in [-0.15, -0.1) is 11.3 Å². The molecule has 2 N–H and O–H groups in total. The molecule has 0 radical (unpaired) electrons. The smallest absolute Gasteiger partial charge is 0.191 e. The van der Waals surface area contributed by atoms with Gasteiger partial charge in [-0.25, -0.2) is 4.98 Å². The first-order valence-electron chi connectivity index (χ1n) is 9.61. The summed E-state index contributed by atoms with van der Waals surface area (Å²) >= 11 is 3.54. The van der Waals surface area contributed by atoms with Crippen LogP contribution in [-0.2, 0) is 0 Å². The van der Waals surface area contributed by atoms with E-state index in [0.717, 1.165) is 35.6 Å². The summed E-state index contributed by atoms with van der Waals surface area (Å²) in [7, 11) is 0. The van der Waals surface area contributed by atoms with Gasteiger partial charge in [-0.2, -0.15) is 0 Å². The second kappa shape index (κ2) is 12.5. The Kier molecular flexibility index (Phi) is 10.3. The molecule has 2 heterocycles. The van der Waals surface area contributed by atoms with Gasteiger partial charge in [0.05, 0.1) is 0 Å². The van der Waals surface area contributed by atoms with Crippen molar-refractivity contribution in [2.45, 2.75) is 56.3 Å². The maximum absolute atomic E-state index is 4.75. The van der Waals surface area contributed by atoms with Gasteiger partial charge in [-0.3, -0.25) is 4.99 Å². The number of hydrogen-bond donors (Lipinski definition) is 2. The van der Waals surface area contributed by atoms with Crippen molar-refractivity contribution in [2.24, 2.45) is 4.99 Å². The fourth-order valence-corrected chi connectivity index (χ4v) is 4.52. The van der Waals surface area contributed by atoms with Crippen LogP contribution in [-0.4, -0.2) is 60.4 Å². The molecule has 0 aliphatic carbocycles. The lowest BCUT2D eigenvalue weighted by Gasteiger charge is -2.33. The number of aliphatic imine (C=N–C) groups is 1. The Morgan fingerprint density at radius 1 is 1.36 bits per heavy atom. The number of aromatic nitrogens is 1. The van der Waals surface area contributed by atoms with Gasteiger partial charge < -0.3 is 15.5 Å². The molecule has 1 aromatic rings. The first-order valence-corrected chi connectivity index (χ1v) is 11.5. The molecule has 2 rings (SSSR count). The van der Waals surface area contributed by atoms with Crippen LogP contribution in [0.25, 0.3) is 0 Å². The van der Waals surface area contributed by atoms with Crippen LogP contribution in [0.3, 0.4) is 0 Å². The highest BCUT2D eigenvalue weighted by Gasteiger charge is 2.19. The number of likely N-dealkylation sites (tertiary alicyclic amines) is 1. The highest BCUT2D eigenvalue weighted by Crippen LogP contribution is 2.20. The van der Waals surface area contributed by atoms with Crippen molar-refractivity contribution in [3.63, 3.8) is 0 Å². The third-order valence-corrected chi connectivity index (χ3v) is 6.36. The minimum atomic E-state index is 0.556. The Morgan fingerprint density at radius 3 is 2.88 bits per heavy atom. The van der Waals surface area contributed by atoms with E-state index < -0.39 is 0 Å². The number of piperidine rings is 1. The molecule has 1 saturated heterocycles. The van der Waals surface area contributed by atoms with Crippen molar-refractivity contribution < 1.29 is 0 Å². The monoisotopic (exact) mass is 383 g/mol. The van der Waals surface area contributed by atoms with Crippen LogP contribution in [0.15, 0.2) is 20.9 Å². The first kappa shape index (κ1) is 20.5. The van der Waals surface area contributed by atoms with Crippen LogP contribution < -0.4 is 10.6 Å². The van der Waals surface area contributed by atoms with Crippen molar-refractivity contribution in [3.8, 4) is 0 Å². The molecular weight excluding hydrogens is 350 g/mol. The molecule has 0 bridgehead atoms. The van der Waals surface area contributed by atoms with E-state index in [4.69, 9.17) is 4.99 Å². The number of rotatable bonds is 10. The molecule has 142 valence electrons. The maximum Gasteiger partial charge on any atom is 0.191 e. The summed E-state index contributed by atoms with van der Waals surface area (Å²) < 4.78 is 1.16. The van der Waals surface area contributed by atoms with Crippen molar-refractivity contribution in [2.75, 3.05) is 38.5 Å². The van der Waals surface area contributed by atoms with Crippen molar-refractivity contribution in [1.29, 1.82) is 0 Å². The zero-order chi connectivity index (χ0) is 17.7. The van der Waals surface area contributed by atoms with Gasteiger partial charge in [0.15, 0.2) is 5.96 Å². The number of thioether (sulfide) groups is 1. The summed E-state index contributed by atoms with van der Waals surface area (Å²) in [6, 6.07) is 0.556. The van der Waals surface area contributed by atoms with Crippen LogP contribution in [0.5, 0.6) is 0 Å². The van der Waals surface area contributed by atoms with Gasteiger partial charge in [0, 0.05) is 49.6 Å². The highest BCUT2D eigenvalue weighted by atomic mass is 32.2. The lowest BCUT2D eigenvalue weighted by molar-refractivity contribution is 0.203. The summed E-state index contributed by atoms with van der Waals surface area (Å²) in [4.78, 5) is 11.6. The van der Waals surface area contributed by atoms with Crippen molar-refractivity contribution >= 4 is 29.1 Å². The topological polar surface area (TPSA) is 52.5 Å². The number of unbranched alkanes of at least 4 members (excludes halogenated alkanes) is 1. The minimum Gasteiger partial charge on any atom is -0.357 e. The molecule has 1 aromatic heterocycles. The summed E-state index contributed by atoms with van der Waals surface area (Å²) in [5.41, 5.74) is 0. The van der Waals surface area contributed by atoms with Gasteiger partial charge in [0.2, 0.25) is 0 Å². The normalized spacial score (nSPS) is 17.0. The lowest BCUT2D eigenvalue weighted by atomic mass is 10.0. The molecular formula is C18H33N5S2. The minimum absolute atomic E-state index is 0.556. The van der Waals surface area contributed by atoms with E-state index in [1.54, 1.807) is 11.3 Å². The van der Waals surface area contributed by atoms with E-state index in [1.165, 1.54) is 45.3 Å². The summed E-state index contributed by atoms with van der Waals surface area (Å²) in [5, 5.41) is 9.05. The summed E-state index contributed by atoms with van der Waals surface area (Å²) in [6.07, 6.45) is 7.99. The largest absolute Gasteiger partial charge is 0.357 e. The summed E-state index contributed by atoms with van der Waals surface area (Å²) in [5.74, 6) is 2.06. The van der Waals surface area contributed by atoms with Crippen LogP contribution in [0, 0.1) is 0 Å². The summed E-state index contributed by atoms with van der Waals surface area (Å²) in [6.45, 7) is 9.85. The molecule has 0 amide bonds. The Morgan fingerprint density at radius 2 is 2.20 bits per heavy atom. The number of nitrogens with one attached hydrogen (secondary N) is 2. The molecule has 1 fully saturated rings. The molecule has 5 nitrogen and oxygen atoms in total. The van der Waals surface area contributed by atoms with Crippen LogP contribution >= 0.6 is 23.1 Å². The van der Waals surface area contributed by atoms with Crippen LogP contribution in [0.4, 0.5) is 0 Å². The van der Waals surface area contributed by atoms with Gasteiger partial charge in [0.25, 0.3) is 0 Å². The SMILES string of the molecule is CCCCN1CCC(NC(=NCCCSc2nccs2)NCC)CC1. The van der Waals surface area contributed by atoms with Gasteiger partial charge >= 0.3 is 0 Å². The van der Waals surface area contributed by atoms with E-state index in [-0.39, 0.29) is 0 Å². The fourth-order valence-electron chi connectivity index (χ4n) is 2.89. The maximum atomic E-state index is 4.75.